The predicted octanol–water partition coefficient (Wildman–Crippen LogP) is 1.40. The van der Waals surface area contributed by atoms with Gasteiger partial charge in [-0.3, -0.25) is 15.5 Å². The van der Waals surface area contributed by atoms with Crippen molar-refractivity contribution in [2.75, 3.05) is 6.61 Å². The Balaban J connectivity index is -0.000000443. The van der Waals surface area contributed by atoms with E-state index in [1.54, 1.807) is 24.4 Å². The Morgan fingerprint density at radius 3 is 2.07 bits per heavy atom. The maximum atomic E-state index is 10.1. The van der Waals surface area contributed by atoms with Crippen molar-refractivity contribution < 1.29 is 62.5 Å². The summed E-state index contributed by atoms with van der Waals surface area (Å²) in [7, 11) is 0. The van der Waals surface area contributed by atoms with Crippen LogP contribution in [0.3, 0.4) is 0 Å². The van der Waals surface area contributed by atoms with Gasteiger partial charge in [-0.15, -0.1) is 0 Å². The summed E-state index contributed by atoms with van der Waals surface area (Å²) < 4.78 is 5.00. The first-order valence-electron chi connectivity index (χ1n) is 7.81. The fourth-order valence-electron chi connectivity index (χ4n) is 1.85. The molecule has 0 radical (unpaired) electrons. The van der Waals surface area contributed by atoms with Crippen LogP contribution in [0.5, 0.6) is 0 Å². The van der Waals surface area contributed by atoms with Crippen molar-refractivity contribution in [3.05, 3.63) is 80.1 Å². The zero-order valence-corrected chi connectivity index (χ0v) is 20.2. The van der Waals surface area contributed by atoms with Gasteiger partial charge in [0.1, 0.15) is 10.3 Å². The van der Waals surface area contributed by atoms with Gasteiger partial charge in [-0.2, -0.15) is 0 Å². The van der Waals surface area contributed by atoms with Crippen molar-refractivity contribution in [2.24, 2.45) is 5.73 Å². The molecule has 0 bridgehead atoms. The Bertz CT molecular complexity index is 793. The molecule has 2 rings (SSSR count). The zero-order valence-electron chi connectivity index (χ0n) is 16.6. The third-order valence-electron chi connectivity index (χ3n) is 2.94. The Kier molecular flexibility index (Phi) is 17.3. The van der Waals surface area contributed by atoms with Crippen LogP contribution in [0.15, 0.2) is 48.6 Å². The van der Waals surface area contributed by atoms with Crippen molar-refractivity contribution in [1.82, 2.24) is 9.97 Å². The number of hydrogen-bond donors (Lipinski definition) is 2. The molecule has 0 atom stereocenters. The molecule has 2 heterocycles. The SMILES string of the molecule is C.CCOC(=N)Cc1ccc(Cl)nc1.N/C(=C\[N+](=O)[O-])Cc1ccc(Cl)nc1.[H-].[K+]. The number of rotatable bonds is 6. The van der Waals surface area contributed by atoms with E-state index < -0.39 is 4.92 Å². The average Bonchev–Trinajstić information content (AvgIpc) is 2.59. The van der Waals surface area contributed by atoms with Gasteiger partial charge in [0.15, 0.2) is 5.90 Å². The summed E-state index contributed by atoms with van der Waals surface area (Å²) in [6.07, 6.45) is 4.72. The molecular formula is C18H24Cl2KN5O3. The standard InChI is InChI=1S/C9H11ClN2O.C8H8ClN3O2.CH4.K.H/c1-2-13-9(11)5-7-3-4-8(10)12-6-7;9-8-2-1-6(4-11-8)3-7(10)5-12(13)14;;;/h3-4,6,11H,2,5H2,1H3;1-2,4-5H,3,10H2;1H4;;/q;;;+1;-1/b;7-5-;;;. The molecule has 0 amide bonds. The topological polar surface area (TPSA) is 128 Å². The number of hydrogen-bond acceptors (Lipinski definition) is 7. The van der Waals surface area contributed by atoms with Gasteiger partial charge in [-0.1, -0.05) is 42.8 Å². The summed E-state index contributed by atoms with van der Waals surface area (Å²) in [5.74, 6) is 0.256. The molecule has 0 spiro atoms. The number of pyridine rings is 2. The Morgan fingerprint density at radius 2 is 1.69 bits per heavy atom. The number of nitrogens with two attached hydrogens (primary N) is 1. The Hall–Kier alpha value is -1.07. The summed E-state index contributed by atoms with van der Waals surface area (Å²) >= 11 is 11.2. The van der Waals surface area contributed by atoms with Crippen LogP contribution < -0.4 is 57.1 Å². The summed E-state index contributed by atoms with van der Waals surface area (Å²) in [6, 6.07) is 6.87. The third kappa shape index (κ3) is 14.5. The maximum Gasteiger partial charge on any atom is 1.00 e. The van der Waals surface area contributed by atoms with E-state index in [0.717, 1.165) is 17.3 Å². The van der Waals surface area contributed by atoms with Crippen molar-refractivity contribution in [3.8, 4) is 0 Å². The van der Waals surface area contributed by atoms with Gasteiger partial charge in [0.25, 0.3) is 6.20 Å². The van der Waals surface area contributed by atoms with Gasteiger partial charge in [-0.25, -0.2) is 9.97 Å². The van der Waals surface area contributed by atoms with Crippen LogP contribution in [0.4, 0.5) is 0 Å². The number of nitro groups is 1. The molecule has 0 unspecified atom stereocenters. The third-order valence-corrected chi connectivity index (χ3v) is 3.39. The predicted molar refractivity (Wildman–Crippen MR) is 112 cm³/mol. The molecule has 0 aliphatic carbocycles. The molecule has 0 fully saturated rings. The van der Waals surface area contributed by atoms with E-state index in [1.807, 2.05) is 13.0 Å². The molecule has 154 valence electrons. The molecular weight excluding hydrogens is 444 g/mol. The largest absolute Gasteiger partial charge is 1.00 e. The number of aromatic nitrogens is 2. The van der Waals surface area contributed by atoms with Gasteiger partial charge in [-0.05, 0) is 30.2 Å². The fourth-order valence-corrected chi connectivity index (χ4v) is 2.07. The summed E-state index contributed by atoms with van der Waals surface area (Å²) in [5.41, 5.74) is 7.30. The van der Waals surface area contributed by atoms with E-state index in [1.165, 1.54) is 6.20 Å². The fraction of sp³-hybridized carbons (Fsp3) is 0.278. The molecule has 8 nitrogen and oxygen atoms in total. The Labute approximate surface area is 224 Å². The summed E-state index contributed by atoms with van der Waals surface area (Å²) in [5, 5.41) is 18.3. The van der Waals surface area contributed by atoms with E-state index >= 15 is 0 Å². The second-order valence-electron chi connectivity index (χ2n) is 5.18. The van der Waals surface area contributed by atoms with Crippen molar-refractivity contribution in [1.29, 1.82) is 5.41 Å². The van der Waals surface area contributed by atoms with Gasteiger partial charge in [0.2, 0.25) is 0 Å². The maximum absolute atomic E-state index is 10.1. The molecule has 3 N–H and O–H groups in total. The van der Waals surface area contributed by atoms with E-state index in [2.05, 4.69) is 9.97 Å². The molecule has 29 heavy (non-hydrogen) atoms. The minimum atomic E-state index is -0.585. The molecule has 0 saturated heterocycles. The van der Waals surface area contributed by atoms with E-state index in [-0.39, 0.29) is 71.8 Å². The van der Waals surface area contributed by atoms with E-state index in [4.69, 9.17) is 39.1 Å². The van der Waals surface area contributed by atoms with Crippen LogP contribution in [0, 0.1) is 15.5 Å². The van der Waals surface area contributed by atoms with Crippen LogP contribution in [-0.2, 0) is 17.6 Å². The average molecular weight is 468 g/mol. The van der Waals surface area contributed by atoms with Gasteiger partial charge >= 0.3 is 51.4 Å². The van der Waals surface area contributed by atoms with Crippen molar-refractivity contribution in [3.63, 3.8) is 0 Å². The van der Waals surface area contributed by atoms with E-state index in [0.29, 0.717) is 29.8 Å². The first kappa shape index (κ1) is 30.1. The van der Waals surface area contributed by atoms with Crippen molar-refractivity contribution in [2.45, 2.75) is 27.2 Å². The van der Waals surface area contributed by atoms with E-state index in [9.17, 15) is 10.1 Å². The molecule has 0 saturated carbocycles. The number of nitrogens with zero attached hydrogens (tertiary/aromatic N) is 3. The zero-order chi connectivity index (χ0) is 20.2. The summed E-state index contributed by atoms with van der Waals surface area (Å²) in [4.78, 5) is 17.2. The van der Waals surface area contributed by atoms with Gasteiger partial charge < -0.3 is 11.9 Å². The molecule has 2 aromatic rings. The van der Waals surface area contributed by atoms with Crippen LogP contribution in [0.2, 0.25) is 10.3 Å². The molecule has 11 heteroatoms. The monoisotopic (exact) mass is 467 g/mol. The summed E-state index contributed by atoms with van der Waals surface area (Å²) in [6.45, 7) is 2.38. The molecule has 0 aliphatic rings. The normalized spacial score (nSPS) is 9.83. The van der Waals surface area contributed by atoms with Gasteiger partial charge in [0.05, 0.1) is 17.2 Å². The minimum absolute atomic E-state index is 0. The van der Waals surface area contributed by atoms with Crippen LogP contribution in [0.25, 0.3) is 0 Å². The van der Waals surface area contributed by atoms with Crippen LogP contribution in [-0.4, -0.2) is 27.4 Å². The number of nitrogens with one attached hydrogen (secondary N) is 1. The number of allylic oxidation sites excluding steroid dienone is 1. The quantitative estimate of drug-likeness (QED) is 0.165. The second-order valence-corrected chi connectivity index (χ2v) is 5.95. The molecule has 0 aromatic carbocycles. The first-order chi connectivity index (χ1) is 12.8. The smallest absolute Gasteiger partial charge is 1.00 e. The van der Waals surface area contributed by atoms with Gasteiger partial charge in [0, 0.05) is 25.2 Å². The Morgan fingerprint density at radius 1 is 1.21 bits per heavy atom. The second kappa shape index (κ2) is 16.7. The number of ether oxygens (including phenoxy) is 1. The number of halogens is 2. The van der Waals surface area contributed by atoms with Crippen LogP contribution in [0.1, 0.15) is 26.9 Å². The van der Waals surface area contributed by atoms with Crippen molar-refractivity contribution >= 4 is 29.1 Å². The minimum Gasteiger partial charge on any atom is -1.00 e. The molecule has 0 aliphatic heterocycles. The molecule has 2 aromatic heterocycles. The first-order valence-corrected chi connectivity index (χ1v) is 8.56. The van der Waals surface area contributed by atoms with Crippen LogP contribution >= 0.6 is 23.2 Å².